The van der Waals surface area contributed by atoms with Crippen molar-refractivity contribution in [2.45, 2.75) is 6.92 Å². The number of hydrogen-bond acceptors (Lipinski definition) is 4. The molecule has 0 spiro atoms. The molecule has 1 heterocycles. The lowest BCUT2D eigenvalue weighted by Gasteiger charge is -2.29. The van der Waals surface area contributed by atoms with E-state index in [1.165, 1.54) is 25.0 Å². The molecule has 0 N–H and O–H groups in total. The van der Waals surface area contributed by atoms with Gasteiger partial charge in [0.1, 0.15) is 12.2 Å². The maximum absolute atomic E-state index is 11.6. The van der Waals surface area contributed by atoms with Crippen LogP contribution in [0.15, 0.2) is 12.1 Å². The number of benzene rings is 1. The number of ether oxygens (including phenoxy) is 2. The first kappa shape index (κ1) is 12.7. The van der Waals surface area contributed by atoms with Crippen LogP contribution in [0.4, 0.5) is 5.69 Å². The molecule has 96 valence electrons. The Morgan fingerprint density at radius 1 is 1.44 bits per heavy atom. The van der Waals surface area contributed by atoms with Gasteiger partial charge in [0, 0.05) is 11.9 Å². The van der Waals surface area contributed by atoms with E-state index in [-0.39, 0.29) is 11.5 Å². The quantitative estimate of drug-likeness (QED) is 0.731. The zero-order valence-electron chi connectivity index (χ0n) is 10.0. The number of carbonyl (C=O) groups is 2. The Morgan fingerprint density at radius 3 is 2.78 bits per heavy atom. The summed E-state index contributed by atoms with van der Waals surface area (Å²) < 4.78 is 10.1. The first-order chi connectivity index (χ1) is 8.54. The largest absolute Gasteiger partial charge is 0.489 e. The van der Waals surface area contributed by atoms with Crippen molar-refractivity contribution in [2.24, 2.45) is 0 Å². The molecule has 0 aliphatic carbocycles. The second-order valence-electron chi connectivity index (χ2n) is 3.81. The monoisotopic (exact) mass is 269 g/mol. The molecule has 0 aromatic heterocycles. The lowest BCUT2D eigenvalue weighted by molar-refractivity contribution is -0.116. The van der Waals surface area contributed by atoms with Crippen LogP contribution >= 0.6 is 11.6 Å². The van der Waals surface area contributed by atoms with Gasteiger partial charge in [0.05, 0.1) is 19.3 Å². The topological polar surface area (TPSA) is 55.8 Å². The molecule has 0 unspecified atom stereocenters. The van der Waals surface area contributed by atoms with Crippen LogP contribution in [0.2, 0.25) is 5.02 Å². The Labute approximate surface area is 109 Å². The van der Waals surface area contributed by atoms with E-state index in [0.717, 1.165) is 0 Å². The van der Waals surface area contributed by atoms with Gasteiger partial charge in [0.15, 0.2) is 5.75 Å². The van der Waals surface area contributed by atoms with Gasteiger partial charge in [-0.25, -0.2) is 4.79 Å². The summed E-state index contributed by atoms with van der Waals surface area (Å²) in [6, 6.07) is 3.07. The predicted molar refractivity (Wildman–Crippen MR) is 66.3 cm³/mol. The van der Waals surface area contributed by atoms with Crippen LogP contribution in [0.3, 0.4) is 0 Å². The van der Waals surface area contributed by atoms with E-state index in [9.17, 15) is 9.59 Å². The number of esters is 1. The normalized spacial score (nSPS) is 13.6. The van der Waals surface area contributed by atoms with E-state index < -0.39 is 5.97 Å². The smallest absolute Gasteiger partial charge is 0.341 e. The van der Waals surface area contributed by atoms with Crippen LogP contribution < -0.4 is 9.64 Å². The van der Waals surface area contributed by atoms with Crippen molar-refractivity contribution in [3.8, 4) is 5.75 Å². The van der Waals surface area contributed by atoms with Crippen LogP contribution in [0.5, 0.6) is 5.75 Å². The fraction of sp³-hybridized carbons (Fsp3) is 0.333. The average Bonchev–Trinajstić information content (AvgIpc) is 2.35. The van der Waals surface area contributed by atoms with Gasteiger partial charge in [-0.2, -0.15) is 0 Å². The first-order valence-electron chi connectivity index (χ1n) is 5.37. The van der Waals surface area contributed by atoms with Crippen LogP contribution in [0, 0.1) is 0 Å². The van der Waals surface area contributed by atoms with Gasteiger partial charge in [-0.3, -0.25) is 4.79 Å². The molecular weight excluding hydrogens is 258 g/mol. The van der Waals surface area contributed by atoms with E-state index >= 15 is 0 Å². The zero-order valence-corrected chi connectivity index (χ0v) is 10.8. The Morgan fingerprint density at radius 2 is 2.17 bits per heavy atom. The maximum Gasteiger partial charge on any atom is 0.341 e. The van der Waals surface area contributed by atoms with Crippen molar-refractivity contribution >= 4 is 29.2 Å². The molecule has 5 nitrogen and oxygen atoms in total. The number of nitrogens with zero attached hydrogens (tertiary/aromatic N) is 1. The minimum absolute atomic E-state index is 0.127. The molecule has 1 aromatic rings. The molecule has 0 fully saturated rings. The van der Waals surface area contributed by atoms with Crippen molar-refractivity contribution in [1.29, 1.82) is 0 Å². The minimum Gasteiger partial charge on any atom is -0.489 e. The summed E-state index contributed by atoms with van der Waals surface area (Å²) in [5.74, 6) is -0.329. The fourth-order valence-electron chi connectivity index (χ4n) is 1.88. The average molecular weight is 270 g/mol. The lowest BCUT2D eigenvalue weighted by atomic mass is 10.1. The molecule has 18 heavy (non-hydrogen) atoms. The highest BCUT2D eigenvalue weighted by atomic mass is 35.5. The molecule has 0 atom stereocenters. The number of carbonyl (C=O) groups excluding carboxylic acids is 2. The molecule has 1 aliphatic rings. The molecule has 0 bridgehead atoms. The zero-order chi connectivity index (χ0) is 13.3. The second kappa shape index (κ2) is 4.86. The lowest BCUT2D eigenvalue weighted by Crippen LogP contribution is -2.36. The summed E-state index contributed by atoms with van der Waals surface area (Å²) in [4.78, 5) is 24.7. The highest BCUT2D eigenvalue weighted by molar-refractivity contribution is 6.31. The summed E-state index contributed by atoms with van der Waals surface area (Å²) in [5.41, 5.74) is 0.729. The van der Waals surface area contributed by atoms with Crippen molar-refractivity contribution in [2.75, 3.05) is 25.2 Å². The van der Waals surface area contributed by atoms with Gasteiger partial charge in [-0.05, 0) is 12.1 Å². The highest BCUT2D eigenvalue weighted by Crippen LogP contribution is 2.38. The summed E-state index contributed by atoms with van der Waals surface area (Å²) >= 11 is 5.95. The number of methoxy groups -OCH3 is 1. The van der Waals surface area contributed by atoms with E-state index in [1.54, 1.807) is 6.07 Å². The number of fused-ring (bicyclic) bond motifs is 1. The van der Waals surface area contributed by atoms with Gasteiger partial charge < -0.3 is 14.4 Å². The Kier molecular flexibility index (Phi) is 3.43. The fourth-order valence-corrected chi connectivity index (χ4v) is 2.09. The van der Waals surface area contributed by atoms with Gasteiger partial charge in [0.2, 0.25) is 5.91 Å². The number of anilines is 1. The Hall–Kier alpha value is -1.75. The Balaban J connectivity index is 2.59. The highest BCUT2D eigenvalue weighted by Gasteiger charge is 2.27. The van der Waals surface area contributed by atoms with E-state index in [2.05, 4.69) is 4.74 Å². The van der Waals surface area contributed by atoms with Gasteiger partial charge in [-0.1, -0.05) is 11.6 Å². The molecule has 0 saturated carbocycles. The molecule has 1 aliphatic heterocycles. The van der Waals surface area contributed by atoms with Crippen LogP contribution in [-0.4, -0.2) is 32.1 Å². The minimum atomic E-state index is -0.542. The number of halogens is 1. The summed E-state index contributed by atoms with van der Waals surface area (Å²) in [7, 11) is 1.28. The van der Waals surface area contributed by atoms with Crippen molar-refractivity contribution in [1.82, 2.24) is 0 Å². The Bertz CT molecular complexity index is 515. The molecule has 0 radical (unpaired) electrons. The van der Waals surface area contributed by atoms with Gasteiger partial charge in [-0.15, -0.1) is 0 Å². The molecule has 2 rings (SSSR count). The number of amides is 1. The van der Waals surface area contributed by atoms with E-state index in [0.29, 0.717) is 29.6 Å². The summed E-state index contributed by atoms with van der Waals surface area (Å²) in [5, 5.41) is 0.353. The molecular formula is C12H12ClNO4. The first-order valence-corrected chi connectivity index (χ1v) is 5.75. The SMILES string of the molecule is COC(=O)c1cc(Cl)cc2c1OCCN2C(C)=O. The van der Waals surface area contributed by atoms with Crippen LogP contribution in [0.25, 0.3) is 0 Å². The van der Waals surface area contributed by atoms with Crippen molar-refractivity contribution in [3.63, 3.8) is 0 Å². The predicted octanol–water partition coefficient (Wildman–Crippen LogP) is 1.87. The molecule has 6 heteroatoms. The van der Waals surface area contributed by atoms with Crippen LogP contribution in [-0.2, 0) is 9.53 Å². The van der Waals surface area contributed by atoms with E-state index in [4.69, 9.17) is 16.3 Å². The second-order valence-corrected chi connectivity index (χ2v) is 4.25. The summed E-state index contributed by atoms with van der Waals surface area (Å²) in [6.45, 7) is 2.22. The maximum atomic E-state index is 11.6. The summed E-state index contributed by atoms with van der Waals surface area (Å²) in [6.07, 6.45) is 0. The van der Waals surface area contributed by atoms with Crippen LogP contribution in [0.1, 0.15) is 17.3 Å². The molecule has 1 amide bonds. The van der Waals surface area contributed by atoms with Crippen molar-refractivity contribution < 1.29 is 19.1 Å². The number of rotatable bonds is 1. The van der Waals surface area contributed by atoms with Crippen molar-refractivity contribution in [3.05, 3.63) is 22.7 Å². The molecule has 0 saturated heterocycles. The standard InChI is InChI=1S/C12H12ClNO4/c1-7(15)14-3-4-18-11-9(12(16)17-2)5-8(13)6-10(11)14/h5-6H,3-4H2,1-2H3. The third kappa shape index (κ3) is 2.13. The number of hydrogen-bond donors (Lipinski definition) is 0. The van der Waals surface area contributed by atoms with Gasteiger partial charge >= 0.3 is 5.97 Å². The third-order valence-corrected chi connectivity index (χ3v) is 2.89. The van der Waals surface area contributed by atoms with Gasteiger partial charge in [0.25, 0.3) is 0 Å². The molecule has 1 aromatic carbocycles. The van der Waals surface area contributed by atoms with E-state index in [1.807, 2.05) is 0 Å². The third-order valence-electron chi connectivity index (χ3n) is 2.67.